The van der Waals surface area contributed by atoms with Gasteiger partial charge in [-0.3, -0.25) is 0 Å². The van der Waals surface area contributed by atoms with E-state index in [1.807, 2.05) is 78.9 Å². The van der Waals surface area contributed by atoms with Crippen LogP contribution >= 0.6 is 0 Å². The molecule has 0 atom stereocenters. The number of nitrogens with zero attached hydrogens (tertiary/aromatic N) is 4. The minimum atomic E-state index is 0.577. The molecule has 7 aromatic carbocycles. The number of rotatable bonds is 4. The number of fused-ring (bicyclic) bond motifs is 10. The maximum atomic E-state index is 6.83. The number of hydrogen-bond donors (Lipinski definition) is 0. The number of aromatic nitrogens is 4. The molecule has 0 spiro atoms. The summed E-state index contributed by atoms with van der Waals surface area (Å²) >= 11 is 0. The maximum Gasteiger partial charge on any atom is 0.164 e. The Bertz CT molecular complexity index is 3140. The molecule has 11 aromatic rings. The number of para-hydroxylation sites is 3. The molecule has 0 N–H and O–H groups in total. The Morgan fingerprint density at radius 2 is 1.08 bits per heavy atom. The fraction of sp³-hybridized carbons (Fsp3) is 0. The molecule has 0 aliphatic heterocycles. The van der Waals surface area contributed by atoms with Gasteiger partial charge in [0.15, 0.2) is 23.1 Å². The van der Waals surface area contributed by atoms with Crippen LogP contribution in [0.5, 0.6) is 0 Å². The third-order valence-corrected chi connectivity index (χ3v) is 9.86. The van der Waals surface area contributed by atoms with Crippen LogP contribution in [0.25, 0.3) is 106 Å². The molecule has 0 aliphatic carbocycles. The minimum absolute atomic E-state index is 0.577. The van der Waals surface area contributed by atoms with Crippen LogP contribution in [-0.2, 0) is 0 Å². The summed E-state index contributed by atoms with van der Waals surface area (Å²) in [4.78, 5) is 15.3. The molecule has 51 heavy (non-hydrogen) atoms. The van der Waals surface area contributed by atoms with Crippen molar-refractivity contribution in [2.45, 2.75) is 0 Å². The molecule has 0 bridgehead atoms. The van der Waals surface area contributed by atoms with E-state index in [4.69, 9.17) is 23.8 Å². The zero-order chi connectivity index (χ0) is 33.5. The van der Waals surface area contributed by atoms with Gasteiger partial charge in [0.2, 0.25) is 0 Å². The average Bonchev–Trinajstić information content (AvgIpc) is 3.88. The standard InChI is InChI=1S/C45H26N4O2/c1-3-12-27(13-4-1)43-46-44(28-22-25-38-35(26-28)31-17-8-10-20-37(31)50-38)48-45(47-43)34-18-11-21-39-40(34)33-24-23-32-30-16-7-9-19-36(30)49(41(32)42(33)51-39)29-14-5-2-6-15-29/h1-26H. The summed E-state index contributed by atoms with van der Waals surface area (Å²) in [5, 5.41) is 6.36. The lowest BCUT2D eigenvalue weighted by atomic mass is 10.0. The Balaban J connectivity index is 1.19. The number of furan rings is 2. The maximum absolute atomic E-state index is 6.83. The predicted molar refractivity (Wildman–Crippen MR) is 205 cm³/mol. The normalized spacial score (nSPS) is 11.9. The van der Waals surface area contributed by atoms with Crippen molar-refractivity contribution in [2.24, 2.45) is 0 Å². The van der Waals surface area contributed by atoms with Crippen molar-refractivity contribution in [1.29, 1.82) is 0 Å². The molecule has 6 heteroatoms. The fourth-order valence-corrected chi connectivity index (χ4v) is 7.57. The van der Waals surface area contributed by atoms with E-state index in [0.29, 0.717) is 17.5 Å². The van der Waals surface area contributed by atoms with Gasteiger partial charge in [-0.05, 0) is 54.6 Å². The van der Waals surface area contributed by atoms with Gasteiger partial charge in [-0.2, -0.15) is 0 Å². The lowest BCUT2D eigenvalue weighted by Crippen LogP contribution is -2.00. The highest BCUT2D eigenvalue weighted by Crippen LogP contribution is 2.43. The largest absolute Gasteiger partial charge is 0.456 e. The quantitative estimate of drug-likeness (QED) is 0.189. The van der Waals surface area contributed by atoms with Gasteiger partial charge in [0, 0.05) is 54.7 Å². The van der Waals surface area contributed by atoms with Gasteiger partial charge >= 0.3 is 0 Å². The Morgan fingerprint density at radius 3 is 1.94 bits per heavy atom. The summed E-state index contributed by atoms with van der Waals surface area (Å²) in [6, 6.07) is 53.8. The Hall–Kier alpha value is -7.05. The molecule has 11 rings (SSSR count). The highest BCUT2D eigenvalue weighted by molar-refractivity contribution is 6.23. The summed E-state index contributed by atoms with van der Waals surface area (Å²) in [6.45, 7) is 0. The molecule has 0 saturated heterocycles. The monoisotopic (exact) mass is 654 g/mol. The van der Waals surface area contributed by atoms with Gasteiger partial charge in [0.05, 0.1) is 11.0 Å². The third kappa shape index (κ3) is 4.20. The van der Waals surface area contributed by atoms with Gasteiger partial charge in [0.25, 0.3) is 0 Å². The van der Waals surface area contributed by atoms with Crippen molar-refractivity contribution < 1.29 is 8.83 Å². The zero-order valence-electron chi connectivity index (χ0n) is 27.1. The second-order valence-corrected chi connectivity index (χ2v) is 12.8. The smallest absolute Gasteiger partial charge is 0.164 e. The van der Waals surface area contributed by atoms with Gasteiger partial charge in [-0.1, -0.05) is 103 Å². The molecule has 0 amide bonds. The number of hydrogen-bond acceptors (Lipinski definition) is 5. The molecule has 6 nitrogen and oxygen atoms in total. The van der Waals surface area contributed by atoms with E-state index >= 15 is 0 Å². The van der Waals surface area contributed by atoms with Gasteiger partial charge in [-0.25, -0.2) is 15.0 Å². The molecule has 0 fully saturated rings. The molecule has 0 aliphatic rings. The van der Waals surface area contributed by atoms with E-state index in [0.717, 1.165) is 82.7 Å². The first-order valence-electron chi connectivity index (χ1n) is 16.9. The topological polar surface area (TPSA) is 69.9 Å². The number of benzene rings is 7. The molecular formula is C45H26N4O2. The van der Waals surface area contributed by atoms with E-state index in [-0.39, 0.29) is 0 Å². The van der Waals surface area contributed by atoms with Crippen LogP contribution in [0.3, 0.4) is 0 Å². The van der Waals surface area contributed by atoms with E-state index < -0.39 is 0 Å². The Labute approximate surface area is 290 Å². The second kappa shape index (κ2) is 10.7. The van der Waals surface area contributed by atoms with Gasteiger partial charge in [0.1, 0.15) is 16.7 Å². The van der Waals surface area contributed by atoms with Crippen LogP contribution in [0.15, 0.2) is 167 Å². The summed E-state index contributed by atoms with van der Waals surface area (Å²) in [6.07, 6.45) is 0. The Morgan fingerprint density at radius 1 is 0.412 bits per heavy atom. The van der Waals surface area contributed by atoms with E-state index in [1.165, 1.54) is 5.39 Å². The summed E-state index contributed by atoms with van der Waals surface area (Å²) < 4.78 is 15.3. The summed E-state index contributed by atoms with van der Waals surface area (Å²) in [5.74, 6) is 1.76. The van der Waals surface area contributed by atoms with Crippen molar-refractivity contribution in [2.75, 3.05) is 0 Å². The molecule has 4 aromatic heterocycles. The minimum Gasteiger partial charge on any atom is -0.456 e. The molecule has 0 radical (unpaired) electrons. The van der Waals surface area contributed by atoms with Crippen molar-refractivity contribution in [3.05, 3.63) is 158 Å². The van der Waals surface area contributed by atoms with Crippen LogP contribution in [0.4, 0.5) is 0 Å². The van der Waals surface area contributed by atoms with Crippen molar-refractivity contribution in [3.63, 3.8) is 0 Å². The Kier molecular flexibility index (Phi) is 5.86. The van der Waals surface area contributed by atoms with Crippen molar-refractivity contribution in [1.82, 2.24) is 19.5 Å². The predicted octanol–water partition coefficient (Wildman–Crippen LogP) is 11.8. The van der Waals surface area contributed by atoms with Gasteiger partial charge in [-0.15, -0.1) is 0 Å². The lowest BCUT2D eigenvalue weighted by Gasteiger charge is -2.09. The second-order valence-electron chi connectivity index (χ2n) is 12.8. The molecule has 238 valence electrons. The third-order valence-electron chi connectivity index (χ3n) is 9.86. The van der Waals surface area contributed by atoms with E-state index in [9.17, 15) is 0 Å². The van der Waals surface area contributed by atoms with Crippen LogP contribution < -0.4 is 0 Å². The molecule has 4 heterocycles. The summed E-state index contributed by atoms with van der Waals surface area (Å²) in [7, 11) is 0. The summed E-state index contributed by atoms with van der Waals surface area (Å²) in [5.41, 5.74) is 9.18. The van der Waals surface area contributed by atoms with Crippen molar-refractivity contribution in [3.8, 4) is 39.9 Å². The first kappa shape index (κ1) is 27.9. The molecular weight excluding hydrogens is 629 g/mol. The van der Waals surface area contributed by atoms with Gasteiger partial charge < -0.3 is 13.4 Å². The van der Waals surface area contributed by atoms with Crippen LogP contribution in [0, 0.1) is 0 Å². The first-order valence-corrected chi connectivity index (χ1v) is 16.9. The average molecular weight is 655 g/mol. The fourth-order valence-electron chi connectivity index (χ4n) is 7.57. The van der Waals surface area contributed by atoms with Crippen LogP contribution in [0.2, 0.25) is 0 Å². The zero-order valence-corrected chi connectivity index (χ0v) is 27.1. The molecule has 0 saturated carbocycles. The lowest BCUT2D eigenvalue weighted by molar-refractivity contribution is 0.669. The van der Waals surface area contributed by atoms with E-state index in [1.54, 1.807) is 0 Å². The van der Waals surface area contributed by atoms with Crippen LogP contribution in [-0.4, -0.2) is 19.5 Å². The van der Waals surface area contributed by atoms with E-state index in [2.05, 4.69) is 83.4 Å². The molecule has 0 unspecified atom stereocenters. The highest BCUT2D eigenvalue weighted by Gasteiger charge is 2.22. The SMILES string of the molecule is c1ccc(-c2nc(-c3ccc4oc5ccccc5c4c3)nc(-c3cccc4oc5c(ccc6c7ccccc7n(-c7ccccc7)c65)c34)n2)cc1. The highest BCUT2D eigenvalue weighted by atomic mass is 16.3. The van der Waals surface area contributed by atoms with Crippen molar-refractivity contribution >= 4 is 65.7 Å². The first-order chi connectivity index (χ1) is 25.3. The van der Waals surface area contributed by atoms with Crippen LogP contribution in [0.1, 0.15) is 0 Å².